The fourth-order valence-electron chi connectivity index (χ4n) is 2.01. The zero-order chi connectivity index (χ0) is 15.9. The van der Waals surface area contributed by atoms with Crippen molar-refractivity contribution in [1.82, 2.24) is 19.9 Å². The van der Waals surface area contributed by atoms with Crippen molar-refractivity contribution >= 4 is 38.7 Å². The Balaban J connectivity index is 2.16. The van der Waals surface area contributed by atoms with E-state index in [1.165, 1.54) is 18.3 Å². The Hall–Kier alpha value is -2.88. The number of amides is 1. The fourth-order valence-corrected chi connectivity index (χ4v) is 2.67. The van der Waals surface area contributed by atoms with Crippen LogP contribution in [-0.2, 0) is 9.84 Å². The van der Waals surface area contributed by atoms with E-state index in [1.807, 2.05) is 0 Å². The highest BCUT2D eigenvalue weighted by atomic mass is 32.2. The van der Waals surface area contributed by atoms with Gasteiger partial charge in [0.1, 0.15) is 5.52 Å². The second kappa shape index (κ2) is 4.84. The van der Waals surface area contributed by atoms with Crippen LogP contribution in [0.5, 0.6) is 0 Å². The van der Waals surface area contributed by atoms with E-state index >= 15 is 0 Å². The first-order valence-electron chi connectivity index (χ1n) is 6.14. The first kappa shape index (κ1) is 14.1. The number of hydrogen-bond donors (Lipinski definition) is 4. The molecule has 0 radical (unpaired) electrons. The predicted molar refractivity (Wildman–Crippen MR) is 80.2 cm³/mol. The highest BCUT2D eigenvalue weighted by Gasteiger charge is 2.19. The highest BCUT2D eigenvalue weighted by Crippen LogP contribution is 2.23. The molecule has 0 saturated heterocycles. The van der Waals surface area contributed by atoms with E-state index in [2.05, 4.69) is 25.3 Å². The number of imidazole rings is 2. The molecule has 9 nitrogen and oxygen atoms in total. The van der Waals surface area contributed by atoms with Crippen molar-refractivity contribution in [2.24, 2.45) is 0 Å². The molecule has 3 rings (SSSR count). The van der Waals surface area contributed by atoms with Crippen LogP contribution in [0.3, 0.4) is 0 Å². The van der Waals surface area contributed by atoms with Crippen LogP contribution in [0.4, 0.5) is 11.9 Å². The lowest BCUT2D eigenvalue weighted by Gasteiger charge is -2.05. The maximum absolute atomic E-state index is 12.4. The van der Waals surface area contributed by atoms with Gasteiger partial charge in [-0.2, -0.15) is 0 Å². The Kier molecular flexibility index (Phi) is 3.10. The molecule has 114 valence electrons. The molecule has 5 N–H and O–H groups in total. The van der Waals surface area contributed by atoms with Crippen molar-refractivity contribution < 1.29 is 13.2 Å². The lowest BCUT2D eigenvalue weighted by molar-refractivity contribution is 0.102. The minimum atomic E-state index is -3.50. The van der Waals surface area contributed by atoms with Crippen LogP contribution in [0.25, 0.3) is 11.0 Å². The number of carbonyl (C=O) groups excluding carboxylic acids is 1. The van der Waals surface area contributed by atoms with Gasteiger partial charge < -0.3 is 15.7 Å². The number of fused-ring (bicyclic) bond motifs is 1. The zero-order valence-electron chi connectivity index (χ0n) is 11.4. The van der Waals surface area contributed by atoms with Gasteiger partial charge in [-0.3, -0.25) is 10.1 Å². The second-order valence-corrected chi connectivity index (χ2v) is 6.67. The molecule has 10 heteroatoms. The first-order valence-corrected chi connectivity index (χ1v) is 8.04. The fraction of sp³-hybridized carbons (Fsp3) is 0.0833. The van der Waals surface area contributed by atoms with Crippen LogP contribution < -0.4 is 11.1 Å². The summed E-state index contributed by atoms with van der Waals surface area (Å²) in [5.74, 6) is -0.212. The van der Waals surface area contributed by atoms with E-state index in [-0.39, 0.29) is 27.9 Å². The SMILES string of the molecule is CS(=O)(=O)c1cc(C(=O)Nc2ncc[nH]2)c2nc(N)[nH]c2c1. The molecule has 1 amide bonds. The number of anilines is 2. The van der Waals surface area contributed by atoms with Crippen LogP contribution in [0, 0.1) is 0 Å². The van der Waals surface area contributed by atoms with Crippen molar-refractivity contribution in [3.63, 3.8) is 0 Å². The Bertz CT molecular complexity index is 958. The number of carbonyl (C=O) groups is 1. The van der Waals surface area contributed by atoms with Gasteiger partial charge in [-0.1, -0.05) is 0 Å². The maximum atomic E-state index is 12.4. The molecule has 2 heterocycles. The van der Waals surface area contributed by atoms with Crippen molar-refractivity contribution in [1.29, 1.82) is 0 Å². The molecule has 3 aromatic rings. The molecule has 0 atom stereocenters. The third kappa shape index (κ3) is 2.51. The van der Waals surface area contributed by atoms with Crippen LogP contribution in [0.1, 0.15) is 10.4 Å². The number of nitrogens with two attached hydrogens (primary N) is 1. The summed E-state index contributed by atoms with van der Waals surface area (Å²) in [6, 6.07) is 2.65. The van der Waals surface area contributed by atoms with Crippen molar-refractivity contribution in [3.8, 4) is 0 Å². The number of sulfone groups is 1. The molecule has 0 aliphatic carbocycles. The largest absolute Gasteiger partial charge is 0.369 e. The summed E-state index contributed by atoms with van der Waals surface area (Å²) < 4.78 is 23.5. The average molecular weight is 320 g/mol. The highest BCUT2D eigenvalue weighted by molar-refractivity contribution is 7.90. The normalized spacial score (nSPS) is 11.7. The topological polar surface area (TPSA) is 147 Å². The van der Waals surface area contributed by atoms with Crippen LogP contribution in [-0.4, -0.2) is 40.5 Å². The van der Waals surface area contributed by atoms with Gasteiger partial charge in [0, 0.05) is 18.6 Å². The second-order valence-electron chi connectivity index (χ2n) is 4.65. The minimum absolute atomic E-state index is 0.00625. The van der Waals surface area contributed by atoms with E-state index in [9.17, 15) is 13.2 Å². The third-order valence-corrected chi connectivity index (χ3v) is 4.07. The summed E-state index contributed by atoms with van der Waals surface area (Å²) >= 11 is 0. The molecule has 0 saturated carbocycles. The summed E-state index contributed by atoms with van der Waals surface area (Å²) in [5, 5.41) is 2.52. The molecule has 22 heavy (non-hydrogen) atoms. The van der Waals surface area contributed by atoms with Gasteiger partial charge in [0.05, 0.1) is 16.0 Å². The number of hydrogen-bond acceptors (Lipinski definition) is 6. The number of H-pyrrole nitrogens is 2. The minimum Gasteiger partial charge on any atom is -0.369 e. The third-order valence-electron chi connectivity index (χ3n) is 2.98. The number of aromatic amines is 2. The summed E-state index contributed by atoms with van der Waals surface area (Å²) in [6.07, 6.45) is 4.08. The van der Waals surface area contributed by atoms with E-state index in [1.54, 1.807) is 6.20 Å². The Morgan fingerprint density at radius 2 is 2.14 bits per heavy atom. The molecule has 0 spiro atoms. The number of nitrogens with one attached hydrogen (secondary N) is 3. The molecular formula is C12H12N6O3S. The lowest BCUT2D eigenvalue weighted by atomic mass is 10.1. The van der Waals surface area contributed by atoms with Gasteiger partial charge in [-0.15, -0.1) is 0 Å². The number of aromatic nitrogens is 4. The van der Waals surface area contributed by atoms with E-state index in [0.29, 0.717) is 5.52 Å². The van der Waals surface area contributed by atoms with Gasteiger partial charge in [-0.05, 0) is 12.1 Å². The Labute approximate surface area is 124 Å². The number of nitrogen functional groups attached to an aromatic ring is 1. The Morgan fingerprint density at radius 3 is 2.77 bits per heavy atom. The molecular weight excluding hydrogens is 308 g/mol. The predicted octanol–water partition coefficient (Wildman–Crippen LogP) is 0.524. The van der Waals surface area contributed by atoms with E-state index in [4.69, 9.17) is 5.73 Å². The number of rotatable bonds is 3. The van der Waals surface area contributed by atoms with Gasteiger partial charge in [0.2, 0.25) is 5.95 Å². The zero-order valence-corrected chi connectivity index (χ0v) is 12.2. The monoisotopic (exact) mass is 320 g/mol. The standard InChI is InChI=1S/C12H12N6O3S/c1-22(20,21)6-4-7(9-8(5-6)16-11(13)17-9)10(19)18-12-14-2-3-15-12/h2-5H,1H3,(H3,13,16,17)(H2,14,15,18,19). The summed E-state index contributed by atoms with van der Waals surface area (Å²) in [7, 11) is -3.50. The number of nitrogens with zero attached hydrogens (tertiary/aromatic N) is 2. The van der Waals surface area contributed by atoms with Crippen LogP contribution in [0.2, 0.25) is 0 Å². The molecule has 0 bridgehead atoms. The maximum Gasteiger partial charge on any atom is 0.260 e. The molecule has 0 unspecified atom stereocenters. The molecule has 1 aromatic carbocycles. The van der Waals surface area contributed by atoms with E-state index < -0.39 is 15.7 Å². The smallest absolute Gasteiger partial charge is 0.260 e. The molecule has 2 aromatic heterocycles. The molecule has 0 aliphatic rings. The quantitative estimate of drug-likeness (QED) is 0.553. The van der Waals surface area contributed by atoms with Crippen molar-refractivity contribution in [2.45, 2.75) is 4.90 Å². The average Bonchev–Trinajstić information content (AvgIpc) is 3.04. The first-order chi connectivity index (χ1) is 10.3. The van der Waals surface area contributed by atoms with Crippen LogP contribution >= 0.6 is 0 Å². The van der Waals surface area contributed by atoms with Crippen molar-refractivity contribution in [2.75, 3.05) is 17.3 Å². The molecule has 0 fully saturated rings. The number of benzene rings is 1. The van der Waals surface area contributed by atoms with Crippen molar-refractivity contribution in [3.05, 3.63) is 30.1 Å². The van der Waals surface area contributed by atoms with Gasteiger partial charge in [0.25, 0.3) is 5.91 Å². The Morgan fingerprint density at radius 1 is 1.36 bits per heavy atom. The van der Waals surface area contributed by atoms with Gasteiger partial charge in [-0.25, -0.2) is 18.4 Å². The van der Waals surface area contributed by atoms with E-state index in [0.717, 1.165) is 6.26 Å². The lowest BCUT2D eigenvalue weighted by Crippen LogP contribution is -2.14. The summed E-state index contributed by atoms with van der Waals surface area (Å²) in [5.41, 5.74) is 6.33. The van der Waals surface area contributed by atoms with Gasteiger partial charge in [0.15, 0.2) is 15.8 Å². The summed E-state index contributed by atoms with van der Waals surface area (Å²) in [4.78, 5) is 25.7. The van der Waals surface area contributed by atoms with Crippen LogP contribution in [0.15, 0.2) is 29.4 Å². The summed E-state index contributed by atoms with van der Waals surface area (Å²) in [6.45, 7) is 0. The van der Waals surface area contributed by atoms with Gasteiger partial charge >= 0.3 is 0 Å². The molecule has 0 aliphatic heterocycles.